The van der Waals surface area contributed by atoms with Crippen molar-refractivity contribution in [3.8, 4) is 11.4 Å². The molecule has 1 unspecified atom stereocenters. The molecule has 0 saturated heterocycles. The third-order valence-electron chi connectivity index (χ3n) is 13.4. The highest BCUT2D eigenvalue weighted by Gasteiger charge is 2.39. The number of benzene rings is 1. The molecule has 12 heteroatoms. The van der Waals surface area contributed by atoms with Crippen LogP contribution in [-0.4, -0.2) is 64.0 Å². The number of Topliss-reactive ketones (excluding diaryl/α,β-unsaturated/α-hetero) is 1. The molecule has 326 valence electrons. The number of quaternary nitrogens is 1. The number of aromatic nitrogens is 4. The Morgan fingerprint density at radius 1 is 0.900 bits per heavy atom. The van der Waals surface area contributed by atoms with Gasteiger partial charge in [-0.25, -0.2) is 13.4 Å². The second-order valence-corrected chi connectivity index (χ2v) is 20.9. The van der Waals surface area contributed by atoms with Gasteiger partial charge in [-0.15, -0.1) is 5.10 Å². The minimum atomic E-state index is -3.48. The number of aliphatic hydroxyl groups is 1. The summed E-state index contributed by atoms with van der Waals surface area (Å²) in [4.78, 5) is 20.4. The molecule has 0 amide bonds. The van der Waals surface area contributed by atoms with Gasteiger partial charge in [-0.05, 0) is 80.4 Å². The van der Waals surface area contributed by atoms with Crippen molar-refractivity contribution in [2.45, 2.75) is 155 Å². The van der Waals surface area contributed by atoms with Gasteiger partial charge in [0, 0.05) is 39.5 Å². The monoisotopic (exact) mass is 840 g/mol. The maximum atomic E-state index is 14.1. The fraction of sp³-hybridized carbons (Fsp3) is 0.604. The molecule has 7 rings (SSSR count). The van der Waals surface area contributed by atoms with Gasteiger partial charge in [-0.3, -0.25) is 14.6 Å². The number of aromatic amines is 1. The van der Waals surface area contributed by atoms with Crippen molar-refractivity contribution in [1.29, 1.82) is 0 Å². The van der Waals surface area contributed by atoms with Crippen LogP contribution >= 0.6 is 0 Å². The summed E-state index contributed by atoms with van der Waals surface area (Å²) in [6, 6.07) is 6.87. The normalized spacial score (nSPS) is 20.6. The average Bonchev–Trinajstić information content (AvgIpc) is 4.04. The summed E-state index contributed by atoms with van der Waals surface area (Å²) >= 11 is 0. The average molecular weight is 841 g/mol. The van der Waals surface area contributed by atoms with Crippen molar-refractivity contribution >= 4 is 32.7 Å². The highest BCUT2D eigenvalue weighted by molar-refractivity contribution is 7.92. The van der Waals surface area contributed by atoms with E-state index in [0.717, 1.165) is 50.6 Å². The largest absolute Gasteiger partial charge is 0.871 e. The molecule has 2 saturated carbocycles. The van der Waals surface area contributed by atoms with E-state index in [4.69, 9.17) is 4.98 Å². The number of anilines is 1. The lowest BCUT2D eigenvalue weighted by Gasteiger charge is -2.34. The standard InChI is InChI=1S/C48H68N6O5S/c1-5-6-7-8-9-14-31-60(58,59)52-36-25-23-35(24-26-36)46-49-47-42(45(48(2,3)4)50-54(47)51-46)41-43(56)40(44(41)57)38-28-27-37(32-39(38)55)53(29-15-21-33-17-10-11-18-33)30-16-22-34-19-12-13-20-34/h23-28,32-34,37,50,52,55-56H,5-22,29-31H2,1-4H3/b40-38-. The number of nitrogens with zero attached hydrogens (tertiary/aromatic N) is 3. The molecule has 0 bridgehead atoms. The van der Waals surface area contributed by atoms with E-state index in [2.05, 4.69) is 27.9 Å². The summed E-state index contributed by atoms with van der Waals surface area (Å²) in [5, 5.41) is 33.6. The van der Waals surface area contributed by atoms with Crippen LogP contribution in [0.4, 0.5) is 5.69 Å². The van der Waals surface area contributed by atoms with E-state index in [-0.39, 0.29) is 34.3 Å². The number of unbranched alkanes of at least 4 members (excludes halogenated alkanes) is 5. The quantitative estimate of drug-likeness (QED) is 0.0659. The second kappa shape index (κ2) is 19.3. The lowest BCUT2D eigenvalue weighted by Crippen LogP contribution is -3.15. The number of nitrogens with one attached hydrogen (secondary N) is 3. The number of fused-ring (bicyclic) bond motifs is 1. The number of carbonyl (C=O) groups excluding carboxylic acids is 1. The van der Waals surface area contributed by atoms with Crippen LogP contribution in [-0.2, 0) is 20.2 Å². The first-order chi connectivity index (χ1) is 28.8. The highest BCUT2D eigenvalue weighted by Crippen LogP contribution is 2.43. The number of carbonyl (C=O) groups is 1. The number of allylic oxidation sites excluding steroid dienone is 3. The van der Waals surface area contributed by atoms with Crippen molar-refractivity contribution in [1.82, 2.24) is 19.8 Å². The fourth-order valence-corrected chi connectivity index (χ4v) is 11.1. The molecule has 11 nitrogen and oxygen atoms in total. The Hall–Kier alpha value is -4.16. The van der Waals surface area contributed by atoms with Crippen molar-refractivity contribution in [2.24, 2.45) is 11.8 Å². The minimum absolute atomic E-state index is 0.00416. The number of ketones is 1. The van der Waals surface area contributed by atoms with Crippen LogP contribution in [0.3, 0.4) is 0 Å². The number of rotatable bonds is 20. The van der Waals surface area contributed by atoms with E-state index in [1.54, 1.807) is 30.3 Å². The molecule has 2 heterocycles. The lowest BCUT2D eigenvalue weighted by molar-refractivity contribution is -0.912. The van der Waals surface area contributed by atoms with Gasteiger partial charge in [-0.2, -0.15) is 4.63 Å². The highest BCUT2D eigenvalue weighted by atomic mass is 32.2. The molecule has 2 fully saturated rings. The van der Waals surface area contributed by atoms with Crippen LogP contribution in [0.5, 0.6) is 0 Å². The van der Waals surface area contributed by atoms with Gasteiger partial charge in [-0.1, -0.05) is 117 Å². The predicted molar refractivity (Wildman–Crippen MR) is 238 cm³/mol. The Morgan fingerprint density at radius 3 is 2.10 bits per heavy atom. The molecule has 4 aliphatic rings. The molecule has 0 radical (unpaired) electrons. The van der Waals surface area contributed by atoms with Crippen molar-refractivity contribution in [2.75, 3.05) is 23.6 Å². The van der Waals surface area contributed by atoms with Gasteiger partial charge in [0.05, 0.1) is 30.1 Å². The third-order valence-corrected chi connectivity index (χ3v) is 14.8. The summed E-state index contributed by atoms with van der Waals surface area (Å²) < 4.78 is 29.6. The topological polar surface area (TPSA) is 157 Å². The molecule has 1 atom stereocenters. The number of sulfonamides is 1. The zero-order valence-electron chi connectivity index (χ0n) is 36.5. The van der Waals surface area contributed by atoms with Crippen molar-refractivity contribution in [3.05, 3.63) is 76.4 Å². The van der Waals surface area contributed by atoms with E-state index in [9.17, 15) is 23.4 Å². The number of hydrogen-bond acceptors (Lipinski definition) is 7. The summed E-state index contributed by atoms with van der Waals surface area (Å²) in [6.07, 6.45) is 27.4. The van der Waals surface area contributed by atoms with Crippen molar-refractivity contribution < 1.29 is 28.3 Å². The molecular formula is C48H68N6O5S. The molecule has 2 aromatic heterocycles. The first-order valence-corrected chi connectivity index (χ1v) is 24.7. The fourth-order valence-electron chi connectivity index (χ4n) is 9.94. The van der Waals surface area contributed by atoms with Gasteiger partial charge in [0.2, 0.25) is 10.0 Å². The smallest absolute Gasteiger partial charge is 0.232 e. The minimum Gasteiger partial charge on any atom is -0.871 e. The predicted octanol–water partition coefficient (Wildman–Crippen LogP) is 8.28. The molecule has 4 aliphatic carbocycles. The number of aliphatic hydroxyl groups excluding tert-OH is 1. The maximum Gasteiger partial charge on any atom is 0.232 e. The summed E-state index contributed by atoms with van der Waals surface area (Å²) in [6.45, 7) is 10.2. The number of H-pyrrole nitrogens is 1. The van der Waals surface area contributed by atoms with E-state index in [1.165, 1.54) is 93.0 Å². The van der Waals surface area contributed by atoms with Gasteiger partial charge in [0.1, 0.15) is 11.8 Å². The molecule has 60 heavy (non-hydrogen) atoms. The second-order valence-electron chi connectivity index (χ2n) is 19.1. The Kier molecular flexibility index (Phi) is 14.1. The Labute approximate surface area is 357 Å². The van der Waals surface area contributed by atoms with Crippen LogP contribution in [0.25, 0.3) is 22.6 Å². The van der Waals surface area contributed by atoms with E-state index in [1.807, 2.05) is 26.8 Å². The van der Waals surface area contributed by atoms with Crippen LogP contribution in [0.1, 0.15) is 155 Å². The third kappa shape index (κ3) is 10.3. The molecular weight excluding hydrogens is 773 g/mol. The zero-order chi connectivity index (χ0) is 42.4. The summed E-state index contributed by atoms with van der Waals surface area (Å²) in [7, 11) is -3.48. The maximum absolute atomic E-state index is 14.1. The summed E-state index contributed by atoms with van der Waals surface area (Å²) in [5.41, 5.74) is 2.39. The van der Waals surface area contributed by atoms with E-state index < -0.39 is 27.0 Å². The van der Waals surface area contributed by atoms with Gasteiger partial charge in [0.25, 0.3) is 0 Å². The molecule has 0 aliphatic heterocycles. The Morgan fingerprint density at radius 2 is 1.52 bits per heavy atom. The molecule has 1 aromatic carbocycles. The van der Waals surface area contributed by atoms with Gasteiger partial charge in [0.15, 0.2) is 17.3 Å². The van der Waals surface area contributed by atoms with Gasteiger partial charge >= 0.3 is 0 Å². The first kappa shape index (κ1) is 43.9. The van der Waals surface area contributed by atoms with Crippen LogP contribution in [0, 0.1) is 11.8 Å². The Balaban J connectivity index is 1.08. The van der Waals surface area contributed by atoms with Crippen molar-refractivity contribution in [3.63, 3.8) is 0 Å². The zero-order valence-corrected chi connectivity index (χ0v) is 37.3. The molecule has 4 N–H and O–H groups in total. The number of hydrogen-bond donors (Lipinski definition) is 4. The molecule has 3 aromatic rings. The Bertz CT molecular complexity index is 2190. The van der Waals surface area contributed by atoms with Gasteiger partial charge < -0.3 is 15.1 Å². The SMILES string of the molecule is CCCCCCCCS(=O)(=O)Nc1ccc(-c2nc3c(C4=C([O-])/C(=C5\C=CC([NH+](CCCC6CCCC6)CCCC6CCCC6)C=C5O)C4=O)c(C(C)(C)C)[nH]n3n2)cc1. The summed E-state index contributed by atoms with van der Waals surface area (Å²) in [5.74, 6) is 1.31. The lowest BCUT2D eigenvalue weighted by atomic mass is 9.76. The van der Waals surface area contributed by atoms with E-state index in [0.29, 0.717) is 40.4 Å². The van der Waals surface area contributed by atoms with Crippen LogP contribution in [0.15, 0.2) is 65.2 Å². The molecule has 0 spiro atoms. The first-order valence-electron chi connectivity index (χ1n) is 23.1. The van der Waals surface area contributed by atoms with Crippen LogP contribution in [0.2, 0.25) is 0 Å². The van der Waals surface area contributed by atoms with E-state index >= 15 is 0 Å². The van der Waals surface area contributed by atoms with Crippen LogP contribution < -0.4 is 14.7 Å².